The highest BCUT2D eigenvalue weighted by molar-refractivity contribution is 6.10. The molecule has 1 aliphatic heterocycles. The molecule has 1 aliphatic carbocycles. The van der Waals surface area contributed by atoms with Crippen LogP contribution in [0.5, 0.6) is 5.88 Å². The van der Waals surface area contributed by atoms with E-state index < -0.39 is 17.5 Å². The molecular formula is C15H18N4O4. The van der Waals surface area contributed by atoms with Gasteiger partial charge < -0.3 is 15.4 Å². The summed E-state index contributed by atoms with van der Waals surface area (Å²) < 4.78 is 4.93. The van der Waals surface area contributed by atoms with Gasteiger partial charge in [-0.15, -0.1) is 0 Å². The lowest BCUT2D eigenvalue weighted by Crippen LogP contribution is -2.44. The molecule has 0 bridgehead atoms. The molecule has 8 nitrogen and oxygen atoms in total. The average molecular weight is 318 g/mol. The number of pyridine rings is 1. The van der Waals surface area contributed by atoms with Gasteiger partial charge in [0.2, 0.25) is 11.8 Å². The lowest BCUT2D eigenvalue weighted by molar-refractivity contribution is -0.133. The molecule has 0 atom stereocenters. The van der Waals surface area contributed by atoms with Crippen molar-refractivity contribution in [2.24, 2.45) is 0 Å². The van der Waals surface area contributed by atoms with Crippen LogP contribution in [0.15, 0.2) is 18.3 Å². The van der Waals surface area contributed by atoms with Gasteiger partial charge in [-0.1, -0.05) is 12.8 Å². The number of carbonyl (C=O) groups excluding carboxylic acids is 3. The van der Waals surface area contributed by atoms with Crippen LogP contribution in [-0.2, 0) is 9.59 Å². The molecule has 1 spiro atoms. The van der Waals surface area contributed by atoms with E-state index in [0.717, 1.165) is 17.7 Å². The zero-order valence-electron chi connectivity index (χ0n) is 12.8. The average Bonchev–Trinajstić information content (AvgIpc) is 3.09. The van der Waals surface area contributed by atoms with Crippen molar-refractivity contribution in [1.82, 2.24) is 15.2 Å². The highest BCUT2D eigenvalue weighted by Gasteiger charge is 2.52. The fourth-order valence-corrected chi connectivity index (χ4v) is 3.06. The van der Waals surface area contributed by atoms with E-state index in [1.54, 1.807) is 12.1 Å². The second-order valence-corrected chi connectivity index (χ2v) is 5.75. The quantitative estimate of drug-likeness (QED) is 0.803. The topological polar surface area (TPSA) is 101 Å². The van der Waals surface area contributed by atoms with Crippen LogP contribution < -0.4 is 15.4 Å². The van der Waals surface area contributed by atoms with Gasteiger partial charge in [-0.3, -0.25) is 14.5 Å². The number of urea groups is 1. The summed E-state index contributed by atoms with van der Waals surface area (Å²) in [6.07, 6.45) is 4.53. The van der Waals surface area contributed by atoms with Crippen LogP contribution >= 0.6 is 0 Å². The van der Waals surface area contributed by atoms with E-state index in [9.17, 15) is 14.4 Å². The Labute approximate surface area is 133 Å². The minimum atomic E-state index is -0.793. The predicted octanol–water partition coefficient (Wildman–Crippen LogP) is 0.893. The lowest BCUT2D eigenvalue weighted by Gasteiger charge is -2.19. The maximum Gasteiger partial charge on any atom is 0.325 e. The summed E-state index contributed by atoms with van der Waals surface area (Å²) >= 11 is 0. The molecular weight excluding hydrogens is 300 g/mol. The van der Waals surface area contributed by atoms with Crippen molar-refractivity contribution in [1.29, 1.82) is 0 Å². The van der Waals surface area contributed by atoms with Crippen LogP contribution in [0.25, 0.3) is 0 Å². The van der Waals surface area contributed by atoms with E-state index in [2.05, 4.69) is 15.6 Å². The summed E-state index contributed by atoms with van der Waals surface area (Å²) in [7, 11) is 1.50. The second-order valence-electron chi connectivity index (χ2n) is 5.75. The molecule has 3 rings (SSSR count). The number of carbonyl (C=O) groups is 3. The van der Waals surface area contributed by atoms with Gasteiger partial charge in [0.25, 0.3) is 5.91 Å². The van der Waals surface area contributed by atoms with Crippen molar-refractivity contribution < 1.29 is 19.1 Å². The van der Waals surface area contributed by atoms with E-state index in [1.807, 2.05) is 0 Å². The summed E-state index contributed by atoms with van der Waals surface area (Å²) in [5.74, 6) is -0.321. The Kier molecular flexibility index (Phi) is 3.89. The standard InChI is InChI=1S/C15H18N4O4/c1-23-12-5-4-10(8-16-12)17-11(20)9-19-13(21)15(18-14(19)22)6-2-3-7-15/h4-5,8H,2-3,6-7,9H2,1H3,(H,17,20)(H,18,22). The summed E-state index contributed by atoms with van der Waals surface area (Å²) in [5, 5.41) is 5.35. The van der Waals surface area contributed by atoms with Crippen LogP contribution in [0.1, 0.15) is 25.7 Å². The minimum Gasteiger partial charge on any atom is -0.481 e. The molecule has 1 saturated heterocycles. The number of hydrogen-bond donors (Lipinski definition) is 2. The zero-order valence-corrected chi connectivity index (χ0v) is 12.8. The van der Waals surface area contributed by atoms with Crippen molar-refractivity contribution in [3.8, 4) is 5.88 Å². The van der Waals surface area contributed by atoms with Crippen molar-refractivity contribution in [3.05, 3.63) is 18.3 Å². The van der Waals surface area contributed by atoms with E-state index >= 15 is 0 Å². The minimum absolute atomic E-state index is 0.303. The molecule has 1 aromatic rings. The van der Waals surface area contributed by atoms with Crippen LogP contribution in [0.3, 0.4) is 0 Å². The summed E-state index contributed by atoms with van der Waals surface area (Å²) in [6, 6.07) is 2.74. The van der Waals surface area contributed by atoms with Gasteiger partial charge in [-0.05, 0) is 18.9 Å². The number of imide groups is 1. The Morgan fingerprint density at radius 3 is 2.74 bits per heavy atom. The predicted molar refractivity (Wildman–Crippen MR) is 80.9 cm³/mol. The first kappa shape index (κ1) is 15.3. The third-order valence-corrected chi connectivity index (χ3v) is 4.23. The smallest absolute Gasteiger partial charge is 0.325 e. The number of aromatic nitrogens is 1. The number of nitrogens with one attached hydrogen (secondary N) is 2. The third kappa shape index (κ3) is 2.84. The fourth-order valence-electron chi connectivity index (χ4n) is 3.06. The highest BCUT2D eigenvalue weighted by atomic mass is 16.5. The van der Waals surface area contributed by atoms with E-state index in [0.29, 0.717) is 24.4 Å². The number of anilines is 1. The molecule has 8 heteroatoms. The first-order chi connectivity index (χ1) is 11.0. The second kappa shape index (κ2) is 5.86. The molecule has 1 saturated carbocycles. The molecule has 2 fully saturated rings. The van der Waals surface area contributed by atoms with Crippen LogP contribution in [0.4, 0.5) is 10.5 Å². The number of rotatable bonds is 4. The summed E-state index contributed by atoms with van der Waals surface area (Å²) in [6.45, 7) is -0.307. The van der Waals surface area contributed by atoms with Crippen molar-refractivity contribution in [2.45, 2.75) is 31.2 Å². The molecule has 2 aliphatic rings. The van der Waals surface area contributed by atoms with Gasteiger partial charge >= 0.3 is 6.03 Å². The van der Waals surface area contributed by atoms with Crippen molar-refractivity contribution in [3.63, 3.8) is 0 Å². The number of methoxy groups -OCH3 is 1. The molecule has 4 amide bonds. The van der Waals surface area contributed by atoms with Gasteiger partial charge in [0.15, 0.2) is 0 Å². The highest BCUT2D eigenvalue weighted by Crippen LogP contribution is 2.34. The maximum absolute atomic E-state index is 12.4. The maximum atomic E-state index is 12.4. The molecule has 0 aromatic carbocycles. The van der Waals surface area contributed by atoms with E-state index in [4.69, 9.17) is 4.74 Å². The van der Waals surface area contributed by atoms with Crippen LogP contribution in [0, 0.1) is 0 Å². The SMILES string of the molecule is COc1ccc(NC(=O)CN2C(=O)NC3(CCCC3)C2=O)cn1. The summed E-state index contributed by atoms with van der Waals surface area (Å²) in [5.41, 5.74) is -0.322. The molecule has 23 heavy (non-hydrogen) atoms. The first-order valence-corrected chi connectivity index (χ1v) is 7.48. The number of amides is 4. The van der Waals surface area contributed by atoms with Gasteiger partial charge in [-0.2, -0.15) is 0 Å². The van der Waals surface area contributed by atoms with Crippen LogP contribution in [0.2, 0.25) is 0 Å². The molecule has 0 radical (unpaired) electrons. The molecule has 1 aromatic heterocycles. The summed E-state index contributed by atoms with van der Waals surface area (Å²) in [4.78, 5) is 41.5. The lowest BCUT2D eigenvalue weighted by atomic mass is 9.98. The van der Waals surface area contributed by atoms with Crippen LogP contribution in [-0.4, -0.2) is 46.9 Å². The van der Waals surface area contributed by atoms with Gasteiger partial charge in [0, 0.05) is 6.07 Å². The third-order valence-electron chi connectivity index (χ3n) is 4.23. The normalized spacial score (nSPS) is 19.1. The number of nitrogens with zero attached hydrogens (tertiary/aromatic N) is 2. The first-order valence-electron chi connectivity index (χ1n) is 7.48. The van der Waals surface area contributed by atoms with Gasteiger partial charge in [0.05, 0.1) is 19.0 Å². The van der Waals surface area contributed by atoms with Crippen molar-refractivity contribution >= 4 is 23.5 Å². The van der Waals surface area contributed by atoms with E-state index in [-0.39, 0.29) is 12.5 Å². The Balaban J connectivity index is 1.63. The van der Waals surface area contributed by atoms with Crippen molar-refractivity contribution in [2.75, 3.05) is 19.0 Å². The Morgan fingerprint density at radius 2 is 2.13 bits per heavy atom. The van der Waals surface area contributed by atoms with Gasteiger partial charge in [0.1, 0.15) is 12.1 Å². The Hall–Kier alpha value is -2.64. The fraction of sp³-hybridized carbons (Fsp3) is 0.467. The Bertz CT molecular complexity index is 637. The monoisotopic (exact) mass is 318 g/mol. The molecule has 0 unspecified atom stereocenters. The molecule has 2 N–H and O–H groups in total. The Morgan fingerprint density at radius 1 is 1.39 bits per heavy atom. The molecule has 2 heterocycles. The molecule has 122 valence electrons. The van der Waals surface area contributed by atoms with E-state index in [1.165, 1.54) is 13.3 Å². The number of ether oxygens (including phenoxy) is 1. The van der Waals surface area contributed by atoms with Gasteiger partial charge in [-0.25, -0.2) is 9.78 Å². The largest absolute Gasteiger partial charge is 0.481 e. The zero-order chi connectivity index (χ0) is 16.4. The number of hydrogen-bond acceptors (Lipinski definition) is 5.